The molecule has 7 nitrogen and oxygen atoms in total. The largest absolute Gasteiger partial charge is 0.481 e. The third kappa shape index (κ3) is 5.30. The number of amides is 1. The zero-order chi connectivity index (χ0) is 24.2. The highest BCUT2D eigenvalue weighted by atomic mass is 16.4. The molecule has 1 fully saturated rings. The number of benzene rings is 3. The summed E-state index contributed by atoms with van der Waals surface area (Å²) in [6, 6.07) is 21.2. The first-order chi connectivity index (χ1) is 17.0. The summed E-state index contributed by atoms with van der Waals surface area (Å²) in [6.45, 7) is 1.77. The van der Waals surface area contributed by atoms with Crippen LogP contribution < -0.4 is 10.2 Å². The minimum atomic E-state index is -0.886. The Morgan fingerprint density at radius 1 is 0.943 bits per heavy atom. The second-order valence-corrected chi connectivity index (χ2v) is 8.79. The molecule has 0 unspecified atom stereocenters. The number of hydrogen-bond donors (Lipinski definition) is 2. The number of carbonyl (C=O) groups excluding carboxylic acids is 1. The van der Waals surface area contributed by atoms with Crippen LogP contribution in [0.5, 0.6) is 0 Å². The van der Waals surface area contributed by atoms with E-state index < -0.39 is 5.97 Å². The summed E-state index contributed by atoms with van der Waals surface area (Å²) < 4.78 is 0. The van der Waals surface area contributed by atoms with Crippen LogP contribution >= 0.6 is 0 Å². The van der Waals surface area contributed by atoms with Gasteiger partial charge in [0.1, 0.15) is 11.6 Å². The van der Waals surface area contributed by atoms with Crippen LogP contribution in [0, 0.1) is 0 Å². The Balaban J connectivity index is 1.28. The minimum Gasteiger partial charge on any atom is -0.481 e. The minimum absolute atomic E-state index is 0.0856. The Kier molecular flexibility index (Phi) is 6.39. The van der Waals surface area contributed by atoms with Crippen molar-refractivity contribution in [1.82, 2.24) is 9.97 Å². The van der Waals surface area contributed by atoms with Crippen molar-refractivity contribution in [2.75, 3.05) is 23.3 Å². The Morgan fingerprint density at radius 3 is 2.43 bits per heavy atom. The van der Waals surface area contributed by atoms with Crippen LogP contribution in [-0.4, -0.2) is 40.0 Å². The van der Waals surface area contributed by atoms with Crippen molar-refractivity contribution in [2.45, 2.75) is 25.7 Å². The lowest BCUT2D eigenvalue weighted by Gasteiger charge is -2.20. The highest BCUT2D eigenvalue weighted by Crippen LogP contribution is 2.24. The SMILES string of the molecule is O=C(O)Cc1cnc(Cc2ccc(NC(=O)c3ccc4ccccc4c3)cc2)nc1N1CCCC1. The number of aromatic nitrogens is 2. The Labute approximate surface area is 203 Å². The third-order valence-electron chi connectivity index (χ3n) is 6.22. The molecule has 1 saturated heterocycles. The van der Waals surface area contributed by atoms with Crippen LogP contribution in [0.2, 0.25) is 0 Å². The first-order valence-corrected chi connectivity index (χ1v) is 11.8. The molecule has 2 heterocycles. The van der Waals surface area contributed by atoms with Crippen molar-refractivity contribution in [3.05, 3.63) is 95.4 Å². The van der Waals surface area contributed by atoms with Gasteiger partial charge in [-0.25, -0.2) is 9.97 Å². The number of nitrogens with zero attached hydrogens (tertiary/aromatic N) is 3. The third-order valence-corrected chi connectivity index (χ3v) is 6.22. The quantitative estimate of drug-likeness (QED) is 0.410. The fourth-order valence-electron chi connectivity index (χ4n) is 4.43. The van der Waals surface area contributed by atoms with Gasteiger partial charge in [-0.3, -0.25) is 9.59 Å². The van der Waals surface area contributed by atoms with Crippen molar-refractivity contribution >= 4 is 34.2 Å². The van der Waals surface area contributed by atoms with Crippen LogP contribution in [0.15, 0.2) is 72.9 Å². The van der Waals surface area contributed by atoms with E-state index in [2.05, 4.69) is 15.2 Å². The molecule has 1 aromatic heterocycles. The van der Waals surface area contributed by atoms with Crippen LogP contribution in [0.25, 0.3) is 10.8 Å². The van der Waals surface area contributed by atoms with Crippen molar-refractivity contribution < 1.29 is 14.7 Å². The van der Waals surface area contributed by atoms with Gasteiger partial charge in [-0.15, -0.1) is 0 Å². The number of hydrogen-bond acceptors (Lipinski definition) is 5. The maximum atomic E-state index is 12.7. The zero-order valence-corrected chi connectivity index (χ0v) is 19.3. The van der Waals surface area contributed by atoms with Gasteiger partial charge in [-0.05, 0) is 53.4 Å². The Bertz CT molecular complexity index is 1380. The van der Waals surface area contributed by atoms with Crippen molar-refractivity contribution in [3.8, 4) is 0 Å². The van der Waals surface area contributed by atoms with Gasteiger partial charge in [0.15, 0.2) is 0 Å². The Hall–Kier alpha value is -4.26. The summed E-state index contributed by atoms with van der Waals surface area (Å²) in [5.74, 6) is 0.336. The summed E-state index contributed by atoms with van der Waals surface area (Å²) in [6.07, 6.45) is 4.24. The predicted molar refractivity (Wildman–Crippen MR) is 136 cm³/mol. The smallest absolute Gasteiger partial charge is 0.308 e. The molecule has 2 N–H and O–H groups in total. The van der Waals surface area contributed by atoms with Gasteiger partial charge in [0.25, 0.3) is 5.91 Å². The molecule has 7 heteroatoms. The molecule has 1 amide bonds. The van der Waals surface area contributed by atoms with Gasteiger partial charge in [0.05, 0.1) is 6.42 Å². The van der Waals surface area contributed by atoms with Gasteiger partial charge in [0.2, 0.25) is 0 Å². The maximum Gasteiger partial charge on any atom is 0.308 e. The van der Waals surface area contributed by atoms with Crippen LogP contribution in [0.3, 0.4) is 0 Å². The molecule has 0 bridgehead atoms. The number of fused-ring (bicyclic) bond motifs is 1. The van der Waals surface area contributed by atoms with Crippen LogP contribution in [0.4, 0.5) is 11.5 Å². The van der Waals surface area contributed by atoms with Gasteiger partial charge < -0.3 is 15.3 Å². The zero-order valence-electron chi connectivity index (χ0n) is 19.3. The highest BCUT2D eigenvalue weighted by Gasteiger charge is 2.20. The van der Waals surface area contributed by atoms with E-state index in [1.807, 2.05) is 66.7 Å². The van der Waals surface area contributed by atoms with Crippen LogP contribution in [0.1, 0.15) is 40.2 Å². The molecule has 0 spiro atoms. The molecule has 0 saturated carbocycles. The standard InChI is InChI=1S/C28H26N4O3/c33-26(34)17-23-18-29-25(31-27(23)32-13-3-4-14-32)15-19-7-11-24(12-8-19)30-28(35)22-10-9-20-5-1-2-6-21(20)16-22/h1-2,5-12,16,18H,3-4,13-15,17H2,(H,30,35)(H,33,34). The molecule has 176 valence electrons. The molecule has 1 aliphatic rings. The number of carboxylic acids is 1. The highest BCUT2D eigenvalue weighted by molar-refractivity contribution is 6.06. The lowest BCUT2D eigenvalue weighted by molar-refractivity contribution is -0.136. The monoisotopic (exact) mass is 466 g/mol. The number of nitrogens with one attached hydrogen (secondary N) is 1. The molecule has 1 aliphatic heterocycles. The number of aliphatic carboxylic acids is 1. The summed E-state index contributed by atoms with van der Waals surface area (Å²) in [5, 5.41) is 14.3. The van der Waals surface area contributed by atoms with E-state index in [1.165, 1.54) is 0 Å². The molecule has 0 radical (unpaired) electrons. The molecule has 0 aliphatic carbocycles. The molecule has 4 aromatic rings. The molecular weight excluding hydrogens is 440 g/mol. The molecule has 5 rings (SSSR count). The van der Waals surface area contributed by atoms with Crippen molar-refractivity contribution in [2.24, 2.45) is 0 Å². The number of carbonyl (C=O) groups is 2. The van der Waals surface area contributed by atoms with Gasteiger partial charge in [-0.1, -0.05) is 42.5 Å². The van der Waals surface area contributed by atoms with E-state index in [9.17, 15) is 14.7 Å². The summed E-state index contributed by atoms with van der Waals surface area (Å²) in [4.78, 5) is 35.3. The van der Waals surface area contributed by atoms with Gasteiger partial charge in [0, 0.05) is 42.5 Å². The van der Waals surface area contributed by atoms with E-state index in [4.69, 9.17) is 4.98 Å². The average molecular weight is 467 g/mol. The summed E-state index contributed by atoms with van der Waals surface area (Å²) >= 11 is 0. The van der Waals surface area contributed by atoms with E-state index >= 15 is 0 Å². The number of carboxylic acid groups (broad SMARTS) is 1. The van der Waals surface area contributed by atoms with Gasteiger partial charge in [-0.2, -0.15) is 0 Å². The number of anilines is 2. The fourth-order valence-corrected chi connectivity index (χ4v) is 4.43. The Morgan fingerprint density at radius 2 is 1.69 bits per heavy atom. The van der Waals surface area contributed by atoms with E-state index in [0.29, 0.717) is 29.1 Å². The van der Waals surface area contributed by atoms with E-state index in [-0.39, 0.29) is 12.3 Å². The van der Waals surface area contributed by atoms with E-state index in [1.54, 1.807) is 6.20 Å². The summed E-state index contributed by atoms with van der Waals surface area (Å²) in [7, 11) is 0. The number of rotatable bonds is 7. The molecule has 35 heavy (non-hydrogen) atoms. The first-order valence-electron chi connectivity index (χ1n) is 11.8. The second-order valence-electron chi connectivity index (χ2n) is 8.79. The maximum absolute atomic E-state index is 12.7. The summed E-state index contributed by atoms with van der Waals surface area (Å²) in [5.41, 5.74) is 2.97. The average Bonchev–Trinajstić information content (AvgIpc) is 3.40. The van der Waals surface area contributed by atoms with E-state index in [0.717, 1.165) is 48.1 Å². The van der Waals surface area contributed by atoms with Crippen molar-refractivity contribution in [3.63, 3.8) is 0 Å². The van der Waals surface area contributed by atoms with Gasteiger partial charge >= 0.3 is 5.97 Å². The molecular formula is C28H26N4O3. The normalized spacial score (nSPS) is 13.2. The predicted octanol–water partition coefficient (Wildman–Crippen LogP) is 4.70. The fraction of sp³-hybridized carbons (Fsp3) is 0.214. The lowest BCUT2D eigenvalue weighted by Crippen LogP contribution is -2.22. The topological polar surface area (TPSA) is 95.4 Å². The molecule has 3 aromatic carbocycles. The van der Waals surface area contributed by atoms with Crippen molar-refractivity contribution in [1.29, 1.82) is 0 Å². The second kappa shape index (κ2) is 9.93. The lowest BCUT2D eigenvalue weighted by atomic mass is 10.1. The molecule has 0 atom stereocenters. The first kappa shape index (κ1) is 22.5. The van der Waals surface area contributed by atoms with Crippen LogP contribution in [-0.2, 0) is 17.6 Å².